The summed E-state index contributed by atoms with van der Waals surface area (Å²) < 4.78 is 0. The molecule has 2 aliphatic rings. The molecule has 0 amide bonds. The van der Waals surface area contributed by atoms with Crippen LogP contribution in [0.15, 0.2) is 0 Å². The molecule has 2 nitrogen and oxygen atoms in total. The third-order valence-electron chi connectivity index (χ3n) is 3.10. The molecular formula is C9H17N2W-. The number of piperidine rings is 1. The minimum atomic E-state index is 0. The molecule has 70 valence electrons. The summed E-state index contributed by atoms with van der Waals surface area (Å²) in [5.74, 6) is 0. The fourth-order valence-electron chi connectivity index (χ4n) is 2.45. The van der Waals surface area contributed by atoms with Crippen LogP contribution in [0.25, 0.3) is 5.32 Å². The van der Waals surface area contributed by atoms with Gasteiger partial charge in [-0.2, -0.15) is 0 Å². The maximum absolute atomic E-state index is 4.52. The van der Waals surface area contributed by atoms with Crippen molar-refractivity contribution in [2.24, 2.45) is 5.41 Å². The van der Waals surface area contributed by atoms with Crippen LogP contribution < -0.4 is 0 Å². The van der Waals surface area contributed by atoms with E-state index in [2.05, 4.69) is 17.3 Å². The minimum absolute atomic E-state index is 0. The average molecular weight is 337 g/mol. The number of rotatable bonds is 0. The molecule has 0 aromatic heterocycles. The third-order valence-corrected chi connectivity index (χ3v) is 3.10. The molecule has 0 N–H and O–H groups in total. The first-order valence-electron chi connectivity index (χ1n) is 4.63. The zero-order valence-electron chi connectivity index (χ0n) is 7.75. The molecular weight excluding hydrogens is 320 g/mol. The molecule has 0 bridgehead atoms. The molecule has 2 fully saturated rings. The molecule has 0 saturated carbocycles. The molecule has 2 aliphatic heterocycles. The van der Waals surface area contributed by atoms with E-state index in [-0.39, 0.29) is 21.1 Å². The zero-order valence-corrected chi connectivity index (χ0v) is 10.7. The molecule has 12 heavy (non-hydrogen) atoms. The Balaban J connectivity index is 0.000000720. The Kier molecular flexibility index (Phi) is 3.75. The summed E-state index contributed by atoms with van der Waals surface area (Å²) in [5, 5.41) is 4.52. The molecule has 0 aromatic rings. The van der Waals surface area contributed by atoms with Crippen LogP contribution in [-0.2, 0) is 21.1 Å². The molecule has 2 saturated heterocycles. The molecule has 0 aromatic carbocycles. The smallest absolute Gasteiger partial charge is 0.00189 e. The molecule has 1 atom stereocenters. The first-order valence-corrected chi connectivity index (χ1v) is 4.63. The van der Waals surface area contributed by atoms with Crippen LogP contribution in [0, 0.1) is 5.41 Å². The van der Waals surface area contributed by atoms with Crippen molar-refractivity contribution in [2.45, 2.75) is 19.3 Å². The molecule has 0 radical (unpaired) electrons. The minimum Gasteiger partial charge on any atom is -0.662 e. The maximum Gasteiger partial charge on any atom is 0.00189 e. The summed E-state index contributed by atoms with van der Waals surface area (Å²) in [6.07, 6.45) is 4.13. The fourth-order valence-corrected chi connectivity index (χ4v) is 2.45. The standard InChI is InChI=1S/C9H17N2.W/c1-11-6-4-9(8-11)3-2-5-10-7-9;/h2-8H2,1H3;/q-1;. The van der Waals surface area contributed by atoms with Crippen LogP contribution in [0.1, 0.15) is 19.3 Å². The van der Waals surface area contributed by atoms with E-state index < -0.39 is 0 Å². The second-order valence-electron chi connectivity index (χ2n) is 4.20. The van der Waals surface area contributed by atoms with E-state index in [1.165, 1.54) is 32.4 Å². The Morgan fingerprint density at radius 3 is 2.67 bits per heavy atom. The zero-order chi connectivity index (χ0) is 7.73. The van der Waals surface area contributed by atoms with Crippen LogP contribution in [-0.4, -0.2) is 38.1 Å². The predicted molar refractivity (Wildman–Crippen MR) is 46.9 cm³/mol. The first-order chi connectivity index (χ1) is 5.31. The van der Waals surface area contributed by atoms with Gasteiger partial charge in [-0.1, -0.05) is 6.42 Å². The molecule has 1 unspecified atom stereocenters. The van der Waals surface area contributed by atoms with E-state index in [1.54, 1.807) is 0 Å². The van der Waals surface area contributed by atoms with Gasteiger partial charge in [0.05, 0.1) is 0 Å². The van der Waals surface area contributed by atoms with Crippen molar-refractivity contribution in [3.8, 4) is 0 Å². The van der Waals surface area contributed by atoms with Gasteiger partial charge in [0.25, 0.3) is 0 Å². The summed E-state index contributed by atoms with van der Waals surface area (Å²) in [4.78, 5) is 2.45. The quantitative estimate of drug-likeness (QED) is 0.655. The Labute approximate surface area is 89.3 Å². The van der Waals surface area contributed by atoms with Crippen LogP contribution in [0.4, 0.5) is 0 Å². The van der Waals surface area contributed by atoms with Crippen molar-refractivity contribution in [3.63, 3.8) is 0 Å². The van der Waals surface area contributed by atoms with Crippen LogP contribution in [0.3, 0.4) is 0 Å². The van der Waals surface area contributed by atoms with E-state index in [0.29, 0.717) is 5.41 Å². The first kappa shape index (κ1) is 10.7. The fraction of sp³-hybridized carbons (Fsp3) is 1.00. The van der Waals surface area contributed by atoms with Gasteiger partial charge in [0, 0.05) is 27.6 Å². The van der Waals surface area contributed by atoms with E-state index in [9.17, 15) is 0 Å². The third kappa shape index (κ3) is 2.10. The summed E-state index contributed by atoms with van der Waals surface area (Å²) in [6.45, 7) is 4.83. The number of hydrogen-bond acceptors (Lipinski definition) is 1. The van der Waals surface area contributed by atoms with Crippen LogP contribution >= 0.6 is 0 Å². The van der Waals surface area contributed by atoms with Gasteiger partial charge in [-0.3, -0.25) is 0 Å². The average Bonchev–Trinajstić information content (AvgIpc) is 2.34. The van der Waals surface area contributed by atoms with Gasteiger partial charge in [-0.05, 0) is 31.8 Å². The van der Waals surface area contributed by atoms with Crippen LogP contribution in [0.5, 0.6) is 0 Å². The summed E-state index contributed by atoms with van der Waals surface area (Å²) in [7, 11) is 2.23. The van der Waals surface area contributed by atoms with Gasteiger partial charge < -0.3 is 10.2 Å². The Morgan fingerprint density at radius 2 is 2.17 bits per heavy atom. The Hall–Kier alpha value is 0.608. The maximum atomic E-state index is 4.52. The topological polar surface area (TPSA) is 17.3 Å². The summed E-state index contributed by atoms with van der Waals surface area (Å²) in [5.41, 5.74) is 0.604. The number of likely N-dealkylation sites (tertiary alicyclic amines) is 1. The van der Waals surface area contributed by atoms with Crippen molar-refractivity contribution in [1.82, 2.24) is 4.90 Å². The molecule has 3 heteroatoms. The van der Waals surface area contributed by atoms with Crippen molar-refractivity contribution >= 4 is 0 Å². The summed E-state index contributed by atoms with van der Waals surface area (Å²) in [6, 6.07) is 0. The normalized spacial score (nSPS) is 36.8. The molecule has 2 heterocycles. The molecule has 2 rings (SSSR count). The number of hydrogen-bond donors (Lipinski definition) is 0. The van der Waals surface area contributed by atoms with E-state index in [0.717, 1.165) is 13.1 Å². The van der Waals surface area contributed by atoms with Gasteiger partial charge in [0.15, 0.2) is 0 Å². The second-order valence-corrected chi connectivity index (χ2v) is 4.20. The van der Waals surface area contributed by atoms with Gasteiger partial charge >= 0.3 is 0 Å². The SMILES string of the molecule is CN1CCC2(CCC[N-]C2)C1.[W]. The van der Waals surface area contributed by atoms with Crippen molar-refractivity contribution in [1.29, 1.82) is 0 Å². The van der Waals surface area contributed by atoms with Gasteiger partial charge in [-0.15, -0.1) is 13.1 Å². The second kappa shape index (κ2) is 4.21. The predicted octanol–water partition coefficient (Wildman–Crippen LogP) is 1.47. The van der Waals surface area contributed by atoms with Crippen molar-refractivity contribution in [2.75, 3.05) is 33.2 Å². The largest absolute Gasteiger partial charge is 0.662 e. The van der Waals surface area contributed by atoms with E-state index in [4.69, 9.17) is 0 Å². The van der Waals surface area contributed by atoms with Gasteiger partial charge in [0.1, 0.15) is 0 Å². The van der Waals surface area contributed by atoms with E-state index in [1.807, 2.05) is 0 Å². The Morgan fingerprint density at radius 1 is 1.33 bits per heavy atom. The van der Waals surface area contributed by atoms with Gasteiger partial charge in [-0.25, -0.2) is 0 Å². The molecule has 0 aliphatic carbocycles. The van der Waals surface area contributed by atoms with Crippen molar-refractivity contribution < 1.29 is 21.1 Å². The number of nitrogens with zero attached hydrogens (tertiary/aromatic N) is 2. The Bertz CT molecular complexity index is 138. The van der Waals surface area contributed by atoms with Crippen LogP contribution in [0.2, 0.25) is 0 Å². The van der Waals surface area contributed by atoms with Crippen molar-refractivity contribution in [3.05, 3.63) is 5.32 Å². The monoisotopic (exact) mass is 337 g/mol. The van der Waals surface area contributed by atoms with Gasteiger partial charge in [0.2, 0.25) is 0 Å². The van der Waals surface area contributed by atoms with E-state index >= 15 is 0 Å². The summed E-state index contributed by atoms with van der Waals surface area (Å²) >= 11 is 0. The molecule has 1 spiro atoms.